The molecule has 218 valence electrons. The summed E-state index contributed by atoms with van der Waals surface area (Å²) >= 11 is 0. The highest BCUT2D eigenvalue weighted by atomic mass is 16.5. The highest BCUT2D eigenvalue weighted by Gasteiger charge is 2.34. The van der Waals surface area contributed by atoms with E-state index in [2.05, 4.69) is 65.8 Å². The van der Waals surface area contributed by atoms with Gasteiger partial charge in [-0.05, 0) is 89.7 Å². The first-order valence-corrected chi connectivity index (χ1v) is 15.6. The summed E-state index contributed by atoms with van der Waals surface area (Å²) in [6.45, 7) is 15.0. The van der Waals surface area contributed by atoms with Gasteiger partial charge >= 0.3 is 0 Å². The lowest BCUT2D eigenvalue weighted by atomic mass is 9.69. The third kappa shape index (κ3) is 6.39. The van der Waals surface area contributed by atoms with Crippen LogP contribution in [0.5, 0.6) is 5.75 Å². The number of allylic oxidation sites excluding steroid dienone is 6. The summed E-state index contributed by atoms with van der Waals surface area (Å²) in [5.41, 5.74) is 11.9. The fourth-order valence-electron chi connectivity index (χ4n) is 6.26. The van der Waals surface area contributed by atoms with E-state index in [1.165, 1.54) is 24.8 Å². The lowest BCUT2D eigenvalue weighted by Gasteiger charge is -2.38. The number of hydrogen-bond acceptors (Lipinski definition) is 4. The maximum Gasteiger partial charge on any atom is 0.254 e. The van der Waals surface area contributed by atoms with E-state index in [0.717, 1.165) is 67.6 Å². The molecule has 40 heavy (non-hydrogen) atoms. The van der Waals surface area contributed by atoms with Crippen molar-refractivity contribution in [1.82, 2.24) is 0 Å². The van der Waals surface area contributed by atoms with Crippen molar-refractivity contribution in [2.24, 2.45) is 28.0 Å². The van der Waals surface area contributed by atoms with E-state index in [1.54, 1.807) is 0 Å². The van der Waals surface area contributed by atoms with Crippen molar-refractivity contribution < 1.29 is 14.3 Å². The number of hydrogen-bond donors (Lipinski definition) is 1. The number of benzene rings is 1. The molecule has 1 aromatic carbocycles. The minimum absolute atomic E-state index is 0.0964. The predicted octanol–water partition coefficient (Wildman–Crippen LogP) is 9.05. The van der Waals surface area contributed by atoms with Crippen molar-refractivity contribution in [2.45, 2.75) is 105 Å². The van der Waals surface area contributed by atoms with Crippen molar-refractivity contribution in [3.8, 4) is 5.75 Å². The molecule has 3 atom stereocenters. The van der Waals surface area contributed by atoms with Gasteiger partial charge in [0, 0.05) is 12.6 Å². The molecule has 0 spiro atoms. The molecule has 1 aromatic rings. The van der Waals surface area contributed by atoms with Gasteiger partial charge in [-0.3, -0.25) is 9.79 Å². The maximum absolute atomic E-state index is 12.9. The van der Waals surface area contributed by atoms with E-state index in [1.807, 2.05) is 6.21 Å². The Hall–Kier alpha value is -2.82. The van der Waals surface area contributed by atoms with Crippen LogP contribution in [0, 0.1) is 17.3 Å². The highest BCUT2D eigenvalue weighted by molar-refractivity contribution is 6.04. The zero-order chi connectivity index (χ0) is 28.9. The average Bonchev–Trinajstić information content (AvgIpc) is 2.93. The van der Waals surface area contributed by atoms with Crippen LogP contribution in [0.4, 0.5) is 5.69 Å². The first kappa shape index (κ1) is 30.1. The zero-order valence-electron chi connectivity index (χ0n) is 25.6. The lowest BCUT2D eigenvalue weighted by molar-refractivity contribution is 0.0837. The van der Waals surface area contributed by atoms with Gasteiger partial charge in [-0.2, -0.15) is 0 Å². The van der Waals surface area contributed by atoms with Crippen LogP contribution in [0.15, 0.2) is 40.6 Å². The predicted molar refractivity (Wildman–Crippen MR) is 166 cm³/mol. The van der Waals surface area contributed by atoms with Crippen LogP contribution in [0.1, 0.15) is 127 Å². The van der Waals surface area contributed by atoms with Crippen LogP contribution in [0.3, 0.4) is 0 Å². The number of fused-ring (bicyclic) bond motifs is 1. The highest BCUT2D eigenvalue weighted by Crippen LogP contribution is 2.47. The molecule has 1 aliphatic carbocycles. The molecule has 2 N–H and O–H groups in total. The first-order chi connectivity index (χ1) is 19.2. The SMILES string of the molecule is CCCCC(C)C(C)(C)C(C)COc1cc(C2=CC3=C(CCC=C2)OCCC3)c2c(c1C(N)=O)N=CCC2CC. The number of rotatable bonds is 11. The van der Waals surface area contributed by atoms with E-state index in [9.17, 15) is 4.79 Å². The number of carbonyl (C=O) groups excluding carboxylic acids is 1. The Balaban J connectivity index is 1.79. The van der Waals surface area contributed by atoms with Crippen LogP contribution >= 0.6 is 0 Å². The van der Waals surface area contributed by atoms with E-state index in [4.69, 9.17) is 20.2 Å². The van der Waals surface area contributed by atoms with Crippen LogP contribution in [-0.4, -0.2) is 25.3 Å². The van der Waals surface area contributed by atoms with Crippen molar-refractivity contribution in [2.75, 3.05) is 13.2 Å². The summed E-state index contributed by atoms with van der Waals surface area (Å²) < 4.78 is 12.6. The fraction of sp³-hybridized carbons (Fsp3) is 0.600. The standard InChI is InChI=1S/C35H50N2O3/c1-7-9-13-23(3)35(5,6)24(4)22-40-30-21-28(26-14-10-11-16-29-27(20-26)15-12-19-39-29)31-25(8-2)17-18-37-33(31)32(30)34(36)38/h10,14,18,20-21,23-25H,7-9,11-13,15-17,19,22H2,1-6H3,(H2,36,38). The topological polar surface area (TPSA) is 73.9 Å². The molecule has 0 saturated carbocycles. The molecule has 5 heteroatoms. The largest absolute Gasteiger partial charge is 0.498 e. The lowest BCUT2D eigenvalue weighted by Crippen LogP contribution is -2.33. The molecule has 3 aliphatic rings. The summed E-state index contributed by atoms with van der Waals surface area (Å²) in [5, 5.41) is 0. The Bertz CT molecular complexity index is 1200. The van der Waals surface area contributed by atoms with Gasteiger partial charge in [0.25, 0.3) is 5.91 Å². The van der Waals surface area contributed by atoms with Crippen LogP contribution < -0.4 is 10.5 Å². The minimum Gasteiger partial charge on any atom is -0.498 e. The Morgan fingerprint density at radius 3 is 2.75 bits per heavy atom. The summed E-state index contributed by atoms with van der Waals surface area (Å²) in [7, 11) is 0. The number of primary amides is 1. The maximum atomic E-state index is 12.9. The first-order valence-electron chi connectivity index (χ1n) is 15.6. The van der Waals surface area contributed by atoms with E-state index < -0.39 is 5.91 Å². The second-order valence-electron chi connectivity index (χ2n) is 12.6. The molecule has 0 aromatic heterocycles. The molecule has 2 heterocycles. The molecular weight excluding hydrogens is 496 g/mol. The van der Waals surface area contributed by atoms with Crippen molar-refractivity contribution in [1.29, 1.82) is 0 Å². The summed E-state index contributed by atoms with van der Waals surface area (Å²) in [5.74, 6) is 2.31. The molecule has 3 unspecified atom stereocenters. The van der Waals surface area contributed by atoms with Gasteiger partial charge in [0.15, 0.2) is 0 Å². The third-order valence-electron chi connectivity index (χ3n) is 9.78. The second-order valence-corrected chi connectivity index (χ2v) is 12.6. The van der Waals surface area contributed by atoms with Gasteiger partial charge < -0.3 is 15.2 Å². The van der Waals surface area contributed by atoms with Crippen LogP contribution in [0.2, 0.25) is 0 Å². The third-order valence-corrected chi connectivity index (χ3v) is 9.78. The normalized spacial score (nSPS) is 20.4. The molecule has 1 amide bonds. The summed E-state index contributed by atoms with van der Waals surface area (Å²) in [6.07, 6.45) is 18.1. The van der Waals surface area contributed by atoms with Gasteiger partial charge in [-0.1, -0.05) is 73.0 Å². The zero-order valence-corrected chi connectivity index (χ0v) is 25.6. The van der Waals surface area contributed by atoms with Gasteiger partial charge in [-0.15, -0.1) is 0 Å². The molecule has 5 nitrogen and oxygen atoms in total. The number of aliphatic imine (C=N–C) groups is 1. The molecule has 4 rings (SSSR count). The van der Waals surface area contributed by atoms with Crippen LogP contribution in [-0.2, 0) is 4.74 Å². The van der Waals surface area contributed by atoms with Gasteiger partial charge in [0.05, 0.1) is 24.7 Å². The molecule has 0 radical (unpaired) electrons. The summed E-state index contributed by atoms with van der Waals surface area (Å²) in [6, 6.07) is 2.07. The van der Waals surface area contributed by atoms with E-state index >= 15 is 0 Å². The quantitative estimate of drug-likeness (QED) is 0.301. The Morgan fingerprint density at radius 1 is 1.23 bits per heavy atom. The fourth-order valence-corrected chi connectivity index (χ4v) is 6.26. The van der Waals surface area contributed by atoms with Crippen molar-refractivity contribution in [3.05, 3.63) is 52.3 Å². The Labute approximate surface area is 242 Å². The number of unbranched alkanes of at least 4 members (excludes halogenated alkanes) is 1. The average molecular weight is 547 g/mol. The second kappa shape index (κ2) is 13.2. The van der Waals surface area contributed by atoms with Crippen molar-refractivity contribution >= 4 is 23.4 Å². The van der Waals surface area contributed by atoms with Gasteiger partial charge in [0.2, 0.25) is 0 Å². The minimum atomic E-state index is -0.484. The molecular formula is C35H50N2O3. The van der Waals surface area contributed by atoms with Gasteiger partial charge in [-0.25, -0.2) is 0 Å². The smallest absolute Gasteiger partial charge is 0.254 e. The number of nitrogens with zero attached hydrogens (tertiary/aromatic N) is 1. The Kier molecular flexibility index (Phi) is 9.97. The Morgan fingerprint density at radius 2 is 2.02 bits per heavy atom. The van der Waals surface area contributed by atoms with Crippen molar-refractivity contribution in [3.63, 3.8) is 0 Å². The number of ether oxygens (including phenoxy) is 2. The molecule has 0 fully saturated rings. The molecule has 0 bridgehead atoms. The van der Waals surface area contributed by atoms with E-state index in [-0.39, 0.29) is 11.3 Å². The van der Waals surface area contributed by atoms with Crippen LogP contribution in [0.25, 0.3) is 5.57 Å². The number of nitrogens with two attached hydrogens (primary N) is 1. The number of amides is 1. The number of carbonyl (C=O) groups is 1. The molecule has 2 aliphatic heterocycles. The monoisotopic (exact) mass is 546 g/mol. The van der Waals surface area contributed by atoms with E-state index in [0.29, 0.717) is 35.4 Å². The molecule has 0 saturated heterocycles. The summed E-state index contributed by atoms with van der Waals surface area (Å²) in [4.78, 5) is 17.7. The van der Waals surface area contributed by atoms with Gasteiger partial charge in [0.1, 0.15) is 11.3 Å².